The number of carbonyl (C=O) groups excluding carboxylic acids is 2. The molecule has 2 heterocycles. The van der Waals surface area contributed by atoms with Crippen LogP contribution in [0.3, 0.4) is 0 Å². The second kappa shape index (κ2) is 13.5. The van der Waals surface area contributed by atoms with Gasteiger partial charge in [0.25, 0.3) is 0 Å². The molecule has 4 rings (SSSR count). The number of hydrogen-bond acceptors (Lipinski definition) is 8. The van der Waals surface area contributed by atoms with Gasteiger partial charge in [-0.3, -0.25) is 9.59 Å². The molecular weight excluding hydrogens is 569 g/mol. The molecule has 0 bridgehead atoms. The molecule has 42 heavy (non-hydrogen) atoms. The van der Waals surface area contributed by atoms with Crippen molar-refractivity contribution >= 4 is 21.8 Å². The molecule has 230 valence electrons. The number of nitrogens with one attached hydrogen (secondary N) is 2. The van der Waals surface area contributed by atoms with Crippen molar-refractivity contribution in [2.24, 2.45) is 11.3 Å². The summed E-state index contributed by atoms with van der Waals surface area (Å²) >= 11 is 0. The summed E-state index contributed by atoms with van der Waals surface area (Å²) in [6.07, 6.45) is -1.90. The molecule has 3 atom stereocenters. The highest BCUT2D eigenvalue weighted by molar-refractivity contribution is 7.89. The lowest BCUT2D eigenvalue weighted by Crippen LogP contribution is -2.52. The number of rotatable bonds is 10. The van der Waals surface area contributed by atoms with Crippen LogP contribution in [0.2, 0.25) is 0 Å². The predicted octanol–water partition coefficient (Wildman–Crippen LogP) is 2.06. The van der Waals surface area contributed by atoms with Crippen molar-refractivity contribution in [3.63, 3.8) is 0 Å². The highest BCUT2D eigenvalue weighted by Crippen LogP contribution is 2.37. The van der Waals surface area contributed by atoms with Gasteiger partial charge in [-0.2, -0.15) is 4.31 Å². The van der Waals surface area contributed by atoms with Crippen LogP contribution in [0, 0.1) is 17.2 Å². The van der Waals surface area contributed by atoms with E-state index in [9.17, 15) is 32.6 Å². The van der Waals surface area contributed by atoms with Gasteiger partial charge >= 0.3 is 0 Å². The summed E-state index contributed by atoms with van der Waals surface area (Å²) in [5.74, 6) is -1.32. The van der Waals surface area contributed by atoms with E-state index in [1.54, 1.807) is 12.1 Å². The summed E-state index contributed by atoms with van der Waals surface area (Å²) in [5.41, 5.74) is 0.0369. The van der Waals surface area contributed by atoms with E-state index in [0.29, 0.717) is 18.4 Å². The molecule has 2 aliphatic heterocycles. The number of ether oxygens (including phenoxy) is 2. The molecule has 2 unspecified atom stereocenters. The topological polar surface area (TPSA) is 154 Å². The number of nitrogens with zero attached hydrogens (tertiary/aromatic N) is 1. The van der Waals surface area contributed by atoms with Crippen LogP contribution in [-0.4, -0.2) is 79.7 Å². The Labute approximate surface area is 245 Å². The molecule has 0 saturated carbocycles. The van der Waals surface area contributed by atoms with Crippen molar-refractivity contribution < 1.29 is 42.1 Å². The van der Waals surface area contributed by atoms with E-state index in [1.807, 2.05) is 13.8 Å². The fraction of sp³-hybridized carbons (Fsp3) is 0.517. The van der Waals surface area contributed by atoms with E-state index in [1.165, 1.54) is 28.6 Å². The molecule has 4 N–H and O–H groups in total. The molecule has 0 aromatic heterocycles. The maximum absolute atomic E-state index is 13.2. The number of benzene rings is 2. The lowest BCUT2D eigenvalue weighted by Gasteiger charge is -2.41. The lowest BCUT2D eigenvalue weighted by molar-refractivity contribution is -0.258. The van der Waals surface area contributed by atoms with Crippen molar-refractivity contribution in [3.8, 4) is 5.75 Å². The van der Waals surface area contributed by atoms with Crippen LogP contribution in [0.4, 0.5) is 4.39 Å². The second-order valence-corrected chi connectivity index (χ2v) is 13.3. The Hall–Kier alpha value is -3.10. The number of phenolic OH excluding ortho intramolecular Hbond substituents is 1. The second-order valence-electron chi connectivity index (χ2n) is 11.4. The Balaban J connectivity index is 1.18. The van der Waals surface area contributed by atoms with E-state index >= 15 is 0 Å². The van der Waals surface area contributed by atoms with E-state index in [2.05, 4.69) is 10.6 Å². The summed E-state index contributed by atoms with van der Waals surface area (Å²) in [4.78, 5) is 25.4. The average molecular weight is 608 g/mol. The highest BCUT2D eigenvalue weighted by atomic mass is 32.2. The third-order valence-corrected chi connectivity index (χ3v) is 9.50. The number of amides is 2. The van der Waals surface area contributed by atoms with Gasteiger partial charge in [0.1, 0.15) is 23.8 Å². The minimum absolute atomic E-state index is 0.00301. The number of carbonyl (C=O) groups is 2. The minimum atomic E-state index is -3.72. The molecule has 0 spiro atoms. The van der Waals surface area contributed by atoms with Gasteiger partial charge in [-0.05, 0) is 61.6 Å². The first-order valence-electron chi connectivity index (χ1n) is 13.9. The molecule has 0 aliphatic carbocycles. The summed E-state index contributed by atoms with van der Waals surface area (Å²) in [7, 11) is -3.72. The fourth-order valence-corrected chi connectivity index (χ4v) is 6.43. The number of aliphatic hydroxyl groups is 1. The zero-order valence-electron chi connectivity index (χ0n) is 23.7. The van der Waals surface area contributed by atoms with Gasteiger partial charge in [-0.15, -0.1) is 0 Å². The Morgan fingerprint density at radius 3 is 2.36 bits per heavy atom. The van der Waals surface area contributed by atoms with Gasteiger partial charge in [-0.1, -0.05) is 26.0 Å². The largest absolute Gasteiger partial charge is 0.508 e. The van der Waals surface area contributed by atoms with Crippen molar-refractivity contribution in [3.05, 3.63) is 59.9 Å². The number of piperidine rings is 1. The first kappa shape index (κ1) is 31.8. The van der Waals surface area contributed by atoms with Gasteiger partial charge in [0.05, 0.1) is 11.5 Å². The van der Waals surface area contributed by atoms with Crippen LogP contribution < -0.4 is 10.6 Å². The maximum Gasteiger partial charge on any atom is 0.249 e. The van der Waals surface area contributed by atoms with Gasteiger partial charge in [0, 0.05) is 37.2 Å². The molecular formula is C29H38FN3O8S. The van der Waals surface area contributed by atoms with Crippen LogP contribution in [0.25, 0.3) is 0 Å². The molecule has 2 aromatic carbocycles. The van der Waals surface area contributed by atoms with Crippen LogP contribution in [0.15, 0.2) is 53.4 Å². The smallest absolute Gasteiger partial charge is 0.249 e. The maximum atomic E-state index is 13.2. The van der Waals surface area contributed by atoms with E-state index in [0.717, 1.165) is 12.1 Å². The van der Waals surface area contributed by atoms with Crippen molar-refractivity contribution in [1.82, 2.24) is 14.9 Å². The van der Waals surface area contributed by atoms with Crippen molar-refractivity contribution in [2.75, 3.05) is 32.8 Å². The summed E-state index contributed by atoms with van der Waals surface area (Å²) in [6.45, 7) is 4.83. The van der Waals surface area contributed by atoms with Gasteiger partial charge < -0.3 is 30.3 Å². The van der Waals surface area contributed by atoms with Crippen molar-refractivity contribution in [2.45, 2.75) is 56.5 Å². The molecule has 13 heteroatoms. The number of aliphatic hydroxyl groups excluding tert-OH is 1. The fourth-order valence-electron chi connectivity index (χ4n) is 4.96. The van der Waals surface area contributed by atoms with Crippen molar-refractivity contribution in [1.29, 1.82) is 0 Å². The number of hydrogen-bond donors (Lipinski definition) is 4. The molecule has 2 aliphatic rings. The van der Waals surface area contributed by atoms with E-state index in [4.69, 9.17) is 9.47 Å². The number of phenols is 1. The molecule has 2 aromatic rings. The number of aromatic hydroxyl groups is 1. The molecule has 11 nitrogen and oxygen atoms in total. The molecule has 2 amide bonds. The Kier molecular flexibility index (Phi) is 10.2. The number of halogens is 1. The zero-order chi connectivity index (χ0) is 30.5. The minimum Gasteiger partial charge on any atom is -0.508 e. The van der Waals surface area contributed by atoms with Crippen LogP contribution >= 0.6 is 0 Å². The Morgan fingerprint density at radius 2 is 1.71 bits per heavy atom. The summed E-state index contributed by atoms with van der Waals surface area (Å²) in [5, 5.41) is 25.3. The molecule has 2 saturated heterocycles. The normalized spacial score (nSPS) is 22.3. The third kappa shape index (κ3) is 7.84. The first-order valence-corrected chi connectivity index (χ1v) is 15.4. The quantitative estimate of drug-likeness (QED) is 0.320. The Bertz CT molecular complexity index is 1330. The zero-order valence-corrected chi connectivity index (χ0v) is 24.5. The van der Waals surface area contributed by atoms with E-state index < -0.39 is 45.7 Å². The van der Waals surface area contributed by atoms with Gasteiger partial charge in [0.2, 0.25) is 21.8 Å². The van der Waals surface area contributed by atoms with Crippen LogP contribution in [0.5, 0.6) is 5.75 Å². The predicted molar refractivity (Wildman–Crippen MR) is 150 cm³/mol. The standard InChI is InChI=1S/C29H38FN3O8S/c1-29(2)18-40-28(20-3-7-22(34)8-4-20)41-25(29)27(37)31-14-11-24(35)26(36)32-17-19-12-15-33(16-13-19)42(38,39)23-9-5-21(30)6-10-23/h3-10,19,24-25,28,34-35H,11-18H2,1-2H3,(H,31,37)(H,32,36)/t24?,25-,28?/m0/s1. The molecule has 0 radical (unpaired) electrons. The average Bonchev–Trinajstić information content (AvgIpc) is 2.96. The molecule has 2 fully saturated rings. The SMILES string of the molecule is CC1(C)COC(c2ccc(O)cc2)O[C@H]1C(=O)NCCC(O)C(=O)NCC1CCN(S(=O)(=O)c2ccc(F)cc2)CC1. The van der Waals surface area contributed by atoms with Crippen LogP contribution in [-0.2, 0) is 29.1 Å². The summed E-state index contributed by atoms with van der Waals surface area (Å²) < 4.78 is 51.8. The Morgan fingerprint density at radius 1 is 1.07 bits per heavy atom. The lowest BCUT2D eigenvalue weighted by atomic mass is 9.85. The van der Waals surface area contributed by atoms with Crippen LogP contribution in [0.1, 0.15) is 45.0 Å². The third-order valence-electron chi connectivity index (χ3n) is 7.59. The number of sulfonamides is 1. The highest BCUT2D eigenvalue weighted by Gasteiger charge is 2.43. The summed E-state index contributed by atoms with van der Waals surface area (Å²) in [6, 6.07) is 11.0. The van der Waals surface area contributed by atoms with Gasteiger partial charge in [0.15, 0.2) is 6.29 Å². The monoisotopic (exact) mass is 607 g/mol. The van der Waals surface area contributed by atoms with Gasteiger partial charge in [-0.25, -0.2) is 12.8 Å². The van der Waals surface area contributed by atoms with E-state index in [-0.39, 0.29) is 61.7 Å². The first-order chi connectivity index (χ1) is 19.9.